The third kappa shape index (κ3) is 4.69. The van der Waals surface area contributed by atoms with Gasteiger partial charge in [0.25, 0.3) is 11.7 Å². The number of para-hydroxylation sites is 1. The maximum absolute atomic E-state index is 12.8. The van der Waals surface area contributed by atoms with Gasteiger partial charge in [0.15, 0.2) is 0 Å². The molecule has 0 spiro atoms. The molecular weight excluding hydrogens is 364 g/mol. The minimum Gasteiger partial charge on any atom is -0.346 e. The lowest BCUT2D eigenvalue weighted by molar-refractivity contribution is -0.117. The number of hydrogen-bond acceptors (Lipinski definition) is 4. The number of rotatable bonds is 6. The highest BCUT2D eigenvalue weighted by Crippen LogP contribution is 2.25. The van der Waals surface area contributed by atoms with Gasteiger partial charge in [-0.3, -0.25) is 9.59 Å². The summed E-state index contributed by atoms with van der Waals surface area (Å²) in [6.45, 7) is 7.47. The quantitative estimate of drug-likeness (QED) is 0.584. The van der Waals surface area contributed by atoms with E-state index in [9.17, 15) is 9.59 Å². The molecule has 0 saturated carbocycles. The van der Waals surface area contributed by atoms with Crippen molar-refractivity contribution in [3.8, 4) is 0 Å². The van der Waals surface area contributed by atoms with Crippen LogP contribution in [0.4, 0.5) is 0 Å². The van der Waals surface area contributed by atoms with Gasteiger partial charge in [0.1, 0.15) is 0 Å². The first-order valence-electron chi connectivity index (χ1n) is 9.38. The van der Waals surface area contributed by atoms with E-state index in [1.54, 1.807) is 6.20 Å². The van der Waals surface area contributed by atoms with Gasteiger partial charge in [-0.25, -0.2) is 0 Å². The lowest BCUT2D eigenvalue weighted by atomic mass is 10.0. The number of ketones is 1. The van der Waals surface area contributed by atoms with Crippen LogP contribution in [0.25, 0.3) is 10.9 Å². The molecule has 2 aromatic rings. The number of carbonyl (C=O) groups is 2. The number of nitrogens with zero attached hydrogens (tertiary/aromatic N) is 2. The van der Waals surface area contributed by atoms with Crippen molar-refractivity contribution >= 4 is 35.0 Å². The maximum atomic E-state index is 12.8. The van der Waals surface area contributed by atoms with Gasteiger partial charge in [-0.2, -0.15) is 0 Å². The van der Waals surface area contributed by atoms with E-state index in [-0.39, 0.29) is 24.5 Å². The molecule has 1 aliphatic heterocycles. The lowest BCUT2D eigenvalue weighted by Crippen LogP contribution is -2.47. The minimum atomic E-state index is -0.506. The molecule has 3 N–H and O–H groups in total. The third-order valence-electron chi connectivity index (χ3n) is 5.12. The number of fused-ring (bicyclic) bond motifs is 1. The van der Waals surface area contributed by atoms with Crippen LogP contribution in [0, 0.1) is 0 Å². The fourth-order valence-electron chi connectivity index (χ4n) is 3.67. The van der Waals surface area contributed by atoms with Crippen LogP contribution in [0.1, 0.15) is 43.1 Å². The summed E-state index contributed by atoms with van der Waals surface area (Å²) in [7, 11) is 0. The first-order valence-corrected chi connectivity index (χ1v) is 9.38. The van der Waals surface area contributed by atoms with Gasteiger partial charge in [0.2, 0.25) is 0 Å². The van der Waals surface area contributed by atoms with Crippen molar-refractivity contribution in [3.05, 3.63) is 36.0 Å². The molecule has 1 amide bonds. The van der Waals surface area contributed by atoms with Gasteiger partial charge in [0.05, 0.1) is 5.56 Å². The molecule has 0 radical (unpaired) electrons. The van der Waals surface area contributed by atoms with Crippen molar-refractivity contribution in [2.24, 2.45) is 5.73 Å². The van der Waals surface area contributed by atoms with Crippen molar-refractivity contribution in [2.45, 2.75) is 38.8 Å². The number of carbonyl (C=O) groups excluding carboxylic acids is 2. The Hall–Kier alpha value is -1.89. The summed E-state index contributed by atoms with van der Waals surface area (Å²) in [6, 6.07) is 8.01. The van der Waals surface area contributed by atoms with Crippen LogP contribution < -0.4 is 11.1 Å². The second kappa shape index (κ2) is 9.35. The highest BCUT2D eigenvalue weighted by molar-refractivity contribution is 6.45. The molecule has 1 aliphatic rings. The normalized spacial score (nSPS) is 15.7. The van der Waals surface area contributed by atoms with Gasteiger partial charge >= 0.3 is 0 Å². The number of aromatic nitrogens is 1. The Balaban J connectivity index is 0.00000261. The van der Waals surface area contributed by atoms with Crippen LogP contribution in [-0.4, -0.2) is 53.4 Å². The number of Topliss-reactive ketones (excluding diaryl/α,β-unsaturated/α-hetero) is 1. The molecule has 0 aliphatic carbocycles. The molecule has 6 nitrogen and oxygen atoms in total. The van der Waals surface area contributed by atoms with Crippen molar-refractivity contribution in [3.63, 3.8) is 0 Å². The van der Waals surface area contributed by atoms with Gasteiger partial charge in [0, 0.05) is 55.4 Å². The molecule has 1 aromatic heterocycles. The third-order valence-corrected chi connectivity index (χ3v) is 5.12. The molecule has 1 aromatic carbocycles. The van der Waals surface area contributed by atoms with Crippen LogP contribution in [0.2, 0.25) is 0 Å². The molecule has 27 heavy (non-hydrogen) atoms. The zero-order valence-electron chi connectivity index (χ0n) is 16.0. The fourth-order valence-corrected chi connectivity index (χ4v) is 3.67. The molecule has 1 saturated heterocycles. The molecule has 1 fully saturated rings. The number of nitrogens with one attached hydrogen (secondary N) is 1. The first kappa shape index (κ1) is 21.4. The Kier molecular flexibility index (Phi) is 7.41. The molecule has 0 bridgehead atoms. The van der Waals surface area contributed by atoms with E-state index in [1.165, 1.54) is 0 Å². The molecule has 2 heterocycles. The summed E-state index contributed by atoms with van der Waals surface area (Å²) in [5.74, 6) is -0.959. The Bertz CT molecular complexity index is 794. The number of piperidine rings is 1. The van der Waals surface area contributed by atoms with Crippen LogP contribution in [0.3, 0.4) is 0 Å². The second-order valence-corrected chi connectivity index (χ2v) is 7.27. The molecule has 0 unspecified atom stereocenters. The van der Waals surface area contributed by atoms with Gasteiger partial charge in [-0.05, 0) is 32.8 Å². The standard InChI is InChI=1S/C20H28N4O2.ClH/c1-14(2)24-13-17(16-5-3-4-6-18(16)24)19(25)20(26)22-15-7-10-23(11-8-15)12-9-21;/h3-6,13-15H,7-12,21H2,1-2H3,(H,22,26);1H. The average Bonchev–Trinajstić information content (AvgIpc) is 3.03. The summed E-state index contributed by atoms with van der Waals surface area (Å²) in [6.07, 6.45) is 3.51. The highest BCUT2D eigenvalue weighted by atomic mass is 35.5. The van der Waals surface area contributed by atoms with Crippen LogP contribution in [0.5, 0.6) is 0 Å². The number of nitrogens with two attached hydrogens (primary N) is 1. The highest BCUT2D eigenvalue weighted by Gasteiger charge is 2.26. The zero-order valence-corrected chi connectivity index (χ0v) is 16.8. The van der Waals surface area contributed by atoms with E-state index in [0.29, 0.717) is 12.1 Å². The van der Waals surface area contributed by atoms with Crippen molar-refractivity contribution in [1.29, 1.82) is 0 Å². The van der Waals surface area contributed by atoms with E-state index >= 15 is 0 Å². The SMILES string of the molecule is CC(C)n1cc(C(=O)C(=O)NC2CCN(CCN)CC2)c2ccccc21.Cl. The Labute approximate surface area is 166 Å². The van der Waals surface area contributed by atoms with Crippen LogP contribution in [0.15, 0.2) is 30.5 Å². The molecule has 7 heteroatoms. The summed E-state index contributed by atoms with van der Waals surface area (Å²) in [5.41, 5.74) is 7.05. The smallest absolute Gasteiger partial charge is 0.292 e. The van der Waals surface area contributed by atoms with Gasteiger partial charge < -0.3 is 20.5 Å². The summed E-state index contributed by atoms with van der Waals surface area (Å²) in [5, 5.41) is 3.76. The number of amides is 1. The van der Waals surface area contributed by atoms with Crippen molar-refractivity contribution in [1.82, 2.24) is 14.8 Å². The predicted molar refractivity (Wildman–Crippen MR) is 111 cm³/mol. The largest absolute Gasteiger partial charge is 0.346 e. The van der Waals surface area contributed by atoms with Gasteiger partial charge in [-0.1, -0.05) is 18.2 Å². The van der Waals surface area contributed by atoms with E-state index in [1.807, 2.05) is 28.8 Å². The van der Waals surface area contributed by atoms with E-state index < -0.39 is 11.7 Å². The Morgan fingerprint density at radius 3 is 2.52 bits per heavy atom. The number of halogens is 1. The Morgan fingerprint density at radius 2 is 1.89 bits per heavy atom. The molecular formula is C20H29ClN4O2. The van der Waals surface area contributed by atoms with Gasteiger partial charge in [-0.15, -0.1) is 12.4 Å². The van der Waals surface area contributed by atoms with E-state index in [2.05, 4.69) is 24.1 Å². The predicted octanol–water partition coefficient (Wildman–Crippen LogP) is 2.37. The van der Waals surface area contributed by atoms with Crippen molar-refractivity contribution < 1.29 is 9.59 Å². The van der Waals surface area contributed by atoms with Crippen LogP contribution in [-0.2, 0) is 4.79 Å². The monoisotopic (exact) mass is 392 g/mol. The molecule has 3 rings (SSSR count). The Morgan fingerprint density at radius 1 is 1.22 bits per heavy atom. The van der Waals surface area contributed by atoms with Crippen molar-refractivity contribution in [2.75, 3.05) is 26.2 Å². The number of likely N-dealkylation sites (tertiary alicyclic amines) is 1. The second-order valence-electron chi connectivity index (χ2n) is 7.27. The topological polar surface area (TPSA) is 80.4 Å². The first-order chi connectivity index (χ1) is 12.5. The molecule has 148 valence electrons. The fraction of sp³-hybridized carbons (Fsp3) is 0.500. The number of hydrogen-bond donors (Lipinski definition) is 2. The van der Waals surface area contributed by atoms with E-state index in [4.69, 9.17) is 5.73 Å². The summed E-state index contributed by atoms with van der Waals surface area (Å²) < 4.78 is 2.04. The average molecular weight is 393 g/mol. The zero-order chi connectivity index (χ0) is 18.7. The summed E-state index contributed by atoms with van der Waals surface area (Å²) in [4.78, 5) is 27.6. The maximum Gasteiger partial charge on any atom is 0.292 e. The minimum absolute atomic E-state index is 0. The van der Waals surface area contributed by atoms with Crippen LogP contribution >= 0.6 is 12.4 Å². The molecule has 0 atom stereocenters. The lowest BCUT2D eigenvalue weighted by Gasteiger charge is -2.31. The van der Waals surface area contributed by atoms with E-state index in [0.717, 1.165) is 43.4 Å². The summed E-state index contributed by atoms with van der Waals surface area (Å²) >= 11 is 0. The number of benzene rings is 1.